The van der Waals surface area contributed by atoms with Gasteiger partial charge in [0.25, 0.3) is 0 Å². The smallest absolute Gasteiger partial charge is 0.0935 e. The molecule has 0 aliphatic carbocycles. The van der Waals surface area contributed by atoms with Crippen molar-refractivity contribution in [2.75, 3.05) is 5.43 Å². The standard InChI is InChI=1S/C12H11ClN2S/c1-9(11-7-8-12(13)16-11)14-15-10-5-3-2-4-6-10/h2-8,15H,1H3/b14-9+. The number of benzene rings is 1. The number of thiophene rings is 1. The van der Waals surface area contributed by atoms with Gasteiger partial charge >= 0.3 is 0 Å². The Hall–Kier alpha value is -1.32. The van der Waals surface area contributed by atoms with Gasteiger partial charge in [-0.2, -0.15) is 5.10 Å². The highest BCUT2D eigenvalue weighted by atomic mass is 35.5. The maximum Gasteiger partial charge on any atom is 0.0935 e. The van der Waals surface area contributed by atoms with Crippen LogP contribution in [0.15, 0.2) is 47.6 Å². The Balaban J connectivity index is 2.08. The summed E-state index contributed by atoms with van der Waals surface area (Å²) in [5.41, 5.74) is 4.91. The Bertz CT molecular complexity index is 491. The van der Waals surface area contributed by atoms with Crippen LogP contribution in [0, 0.1) is 0 Å². The van der Waals surface area contributed by atoms with E-state index in [4.69, 9.17) is 11.6 Å². The van der Waals surface area contributed by atoms with Crippen molar-refractivity contribution in [1.29, 1.82) is 0 Å². The van der Waals surface area contributed by atoms with Crippen LogP contribution in [-0.2, 0) is 0 Å². The molecule has 0 unspecified atom stereocenters. The van der Waals surface area contributed by atoms with E-state index in [0.29, 0.717) is 0 Å². The largest absolute Gasteiger partial charge is 0.278 e. The molecule has 0 fully saturated rings. The highest BCUT2D eigenvalue weighted by Gasteiger charge is 2.00. The third-order valence-electron chi connectivity index (χ3n) is 2.06. The minimum Gasteiger partial charge on any atom is -0.278 e. The molecular weight excluding hydrogens is 240 g/mol. The molecule has 0 saturated carbocycles. The Morgan fingerprint density at radius 1 is 1.19 bits per heavy atom. The molecule has 0 aliphatic rings. The van der Waals surface area contributed by atoms with Gasteiger partial charge in [0.1, 0.15) is 0 Å². The normalized spacial score (nSPS) is 11.5. The Morgan fingerprint density at radius 3 is 2.56 bits per heavy atom. The molecule has 0 atom stereocenters. The molecule has 0 bridgehead atoms. The Labute approximate surface area is 104 Å². The molecule has 4 heteroatoms. The number of hydrazone groups is 1. The van der Waals surface area contributed by atoms with Gasteiger partial charge < -0.3 is 0 Å². The van der Waals surface area contributed by atoms with Gasteiger partial charge in [0, 0.05) is 0 Å². The zero-order valence-corrected chi connectivity index (χ0v) is 10.3. The van der Waals surface area contributed by atoms with Gasteiger partial charge in [-0.25, -0.2) is 0 Å². The average molecular weight is 251 g/mol. The number of nitrogens with one attached hydrogen (secondary N) is 1. The van der Waals surface area contributed by atoms with Crippen LogP contribution in [0.3, 0.4) is 0 Å². The van der Waals surface area contributed by atoms with Gasteiger partial charge in [-0.15, -0.1) is 11.3 Å². The summed E-state index contributed by atoms with van der Waals surface area (Å²) in [7, 11) is 0. The van der Waals surface area contributed by atoms with E-state index in [-0.39, 0.29) is 0 Å². The fraction of sp³-hybridized carbons (Fsp3) is 0.0833. The predicted molar refractivity (Wildman–Crippen MR) is 71.6 cm³/mol. The van der Waals surface area contributed by atoms with Gasteiger partial charge in [0.2, 0.25) is 0 Å². The van der Waals surface area contributed by atoms with E-state index in [1.165, 1.54) is 11.3 Å². The summed E-state index contributed by atoms with van der Waals surface area (Å²) in [4.78, 5) is 1.08. The van der Waals surface area contributed by atoms with Gasteiger partial charge in [-0.05, 0) is 31.2 Å². The second-order valence-electron chi connectivity index (χ2n) is 3.28. The molecule has 1 N–H and O–H groups in total. The molecule has 2 rings (SSSR count). The zero-order chi connectivity index (χ0) is 11.4. The minimum atomic E-state index is 0.782. The summed E-state index contributed by atoms with van der Waals surface area (Å²) in [5.74, 6) is 0. The predicted octanol–water partition coefficient (Wildman–Crippen LogP) is 4.24. The fourth-order valence-electron chi connectivity index (χ4n) is 1.22. The average Bonchev–Trinajstić information content (AvgIpc) is 2.74. The van der Waals surface area contributed by atoms with Gasteiger partial charge in [-0.3, -0.25) is 5.43 Å². The summed E-state index contributed by atoms with van der Waals surface area (Å²) in [5, 5.41) is 4.30. The van der Waals surface area contributed by atoms with Crippen LogP contribution in [-0.4, -0.2) is 5.71 Å². The van der Waals surface area contributed by atoms with Crippen molar-refractivity contribution in [1.82, 2.24) is 0 Å². The number of hydrogen-bond donors (Lipinski definition) is 1. The van der Waals surface area contributed by atoms with Crippen molar-refractivity contribution >= 4 is 34.3 Å². The molecule has 1 aromatic heterocycles. The molecule has 2 nitrogen and oxygen atoms in total. The molecular formula is C12H11ClN2S. The van der Waals surface area contributed by atoms with E-state index in [2.05, 4.69) is 10.5 Å². The minimum absolute atomic E-state index is 0.782. The summed E-state index contributed by atoms with van der Waals surface area (Å²) in [6, 6.07) is 13.7. The van der Waals surface area contributed by atoms with Crippen molar-refractivity contribution in [3.05, 3.63) is 51.7 Å². The van der Waals surface area contributed by atoms with Crippen LogP contribution in [0.25, 0.3) is 0 Å². The Kier molecular flexibility index (Phi) is 3.59. The number of para-hydroxylation sites is 1. The summed E-state index contributed by atoms with van der Waals surface area (Å²) >= 11 is 7.39. The molecule has 0 aliphatic heterocycles. The molecule has 1 aromatic carbocycles. The number of nitrogens with zero attached hydrogens (tertiary/aromatic N) is 1. The maximum atomic E-state index is 5.86. The van der Waals surface area contributed by atoms with E-state index in [9.17, 15) is 0 Å². The summed E-state index contributed by atoms with van der Waals surface area (Å²) in [6.45, 7) is 1.96. The maximum absolute atomic E-state index is 5.86. The van der Waals surface area contributed by atoms with Gasteiger partial charge in [-0.1, -0.05) is 29.8 Å². The van der Waals surface area contributed by atoms with Crippen LogP contribution in [0.5, 0.6) is 0 Å². The Morgan fingerprint density at radius 2 is 1.94 bits per heavy atom. The highest BCUT2D eigenvalue weighted by molar-refractivity contribution is 7.18. The molecule has 0 radical (unpaired) electrons. The van der Waals surface area contributed by atoms with E-state index < -0.39 is 0 Å². The molecule has 2 aromatic rings. The van der Waals surface area contributed by atoms with Gasteiger partial charge in [0.15, 0.2) is 0 Å². The molecule has 0 saturated heterocycles. The lowest BCUT2D eigenvalue weighted by atomic mass is 10.3. The summed E-state index contributed by atoms with van der Waals surface area (Å²) < 4.78 is 0.782. The lowest BCUT2D eigenvalue weighted by molar-refractivity contribution is 1.33. The van der Waals surface area contributed by atoms with E-state index in [1.807, 2.05) is 49.4 Å². The first kappa shape index (κ1) is 11.2. The van der Waals surface area contributed by atoms with Crippen LogP contribution in [0.4, 0.5) is 5.69 Å². The summed E-state index contributed by atoms with van der Waals surface area (Å²) in [6.07, 6.45) is 0. The van der Waals surface area contributed by atoms with Crippen LogP contribution >= 0.6 is 22.9 Å². The van der Waals surface area contributed by atoms with E-state index in [1.54, 1.807) is 0 Å². The van der Waals surface area contributed by atoms with Crippen LogP contribution in [0.1, 0.15) is 11.8 Å². The fourth-order valence-corrected chi connectivity index (χ4v) is 2.21. The van der Waals surface area contributed by atoms with Crippen molar-refractivity contribution < 1.29 is 0 Å². The first-order chi connectivity index (χ1) is 7.75. The van der Waals surface area contributed by atoms with E-state index >= 15 is 0 Å². The number of hydrogen-bond acceptors (Lipinski definition) is 3. The lowest BCUT2D eigenvalue weighted by Crippen LogP contribution is -1.96. The zero-order valence-electron chi connectivity index (χ0n) is 8.77. The van der Waals surface area contributed by atoms with E-state index in [0.717, 1.165) is 20.6 Å². The lowest BCUT2D eigenvalue weighted by Gasteiger charge is -2.00. The van der Waals surface area contributed by atoms with Crippen molar-refractivity contribution in [2.24, 2.45) is 5.10 Å². The number of halogens is 1. The molecule has 16 heavy (non-hydrogen) atoms. The number of anilines is 1. The molecule has 0 amide bonds. The van der Waals surface area contributed by atoms with Gasteiger partial charge in [0.05, 0.1) is 20.6 Å². The topological polar surface area (TPSA) is 24.4 Å². The van der Waals surface area contributed by atoms with Crippen molar-refractivity contribution in [2.45, 2.75) is 6.92 Å². The monoisotopic (exact) mass is 250 g/mol. The van der Waals surface area contributed by atoms with Crippen molar-refractivity contribution in [3.8, 4) is 0 Å². The molecule has 1 heterocycles. The SMILES string of the molecule is C/C(=N\Nc1ccccc1)c1ccc(Cl)s1. The molecule has 0 spiro atoms. The van der Waals surface area contributed by atoms with Crippen LogP contribution in [0.2, 0.25) is 4.34 Å². The third kappa shape index (κ3) is 2.84. The quantitative estimate of drug-likeness (QED) is 0.640. The number of rotatable bonds is 3. The molecule has 82 valence electrons. The second-order valence-corrected chi connectivity index (χ2v) is 4.99. The van der Waals surface area contributed by atoms with Crippen LogP contribution < -0.4 is 5.43 Å². The highest BCUT2D eigenvalue weighted by Crippen LogP contribution is 2.22. The second kappa shape index (κ2) is 5.14. The first-order valence-electron chi connectivity index (χ1n) is 4.87. The van der Waals surface area contributed by atoms with Crippen molar-refractivity contribution in [3.63, 3.8) is 0 Å². The first-order valence-corrected chi connectivity index (χ1v) is 6.06. The third-order valence-corrected chi connectivity index (χ3v) is 3.40.